The molecule has 3 rings (SSSR count). The molecule has 88 valence electrons. The molecule has 1 heterocycles. The molecule has 2 fully saturated rings. The number of nitrogens with zero attached hydrogens (tertiary/aromatic N) is 2. The third kappa shape index (κ3) is 1.56. The highest BCUT2D eigenvalue weighted by atomic mass is 15.4. The molecule has 0 spiro atoms. The van der Waals surface area contributed by atoms with Crippen LogP contribution >= 0.6 is 0 Å². The van der Waals surface area contributed by atoms with E-state index in [4.69, 9.17) is 16.6 Å². The molecule has 2 saturated carbocycles. The molecule has 0 unspecified atom stereocenters. The van der Waals surface area contributed by atoms with E-state index in [2.05, 4.69) is 0 Å². The predicted molar refractivity (Wildman–Crippen MR) is 64.6 cm³/mol. The molecular formula is C12H20N4. The number of hydrogen-bond acceptors (Lipinski definition) is 3. The Morgan fingerprint density at radius 1 is 1.00 bits per heavy atom. The summed E-state index contributed by atoms with van der Waals surface area (Å²) in [6, 6.07) is 0. The zero-order valence-electron chi connectivity index (χ0n) is 9.65. The molecule has 0 aliphatic heterocycles. The Kier molecular flexibility index (Phi) is 2.30. The molecule has 4 heteroatoms. The van der Waals surface area contributed by atoms with Gasteiger partial charge in [0.2, 0.25) is 0 Å². The van der Waals surface area contributed by atoms with Crippen LogP contribution in [0, 0.1) is 0 Å². The normalized spacial score (nSPS) is 22.5. The lowest BCUT2D eigenvalue weighted by Crippen LogP contribution is -2.15. The van der Waals surface area contributed by atoms with E-state index >= 15 is 0 Å². The Balaban J connectivity index is 1.90. The van der Waals surface area contributed by atoms with E-state index in [1.165, 1.54) is 44.9 Å². The van der Waals surface area contributed by atoms with Crippen LogP contribution in [0.2, 0.25) is 0 Å². The van der Waals surface area contributed by atoms with Crippen LogP contribution in [0.5, 0.6) is 0 Å². The summed E-state index contributed by atoms with van der Waals surface area (Å²) in [4.78, 5) is 4.71. The number of hydrogen-bond donors (Lipinski definition) is 2. The molecule has 2 aliphatic rings. The second-order valence-electron chi connectivity index (χ2n) is 5.22. The van der Waals surface area contributed by atoms with Gasteiger partial charge in [-0.2, -0.15) is 0 Å². The van der Waals surface area contributed by atoms with E-state index in [1.54, 1.807) is 4.68 Å². The Morgan fingerprint density at radius 3 is 2.31 bits per heavy atom. The highest BCUT2D eigenvalue weighted by Crippen LogP contribution is 2.42. The maximum absolute atomic E-state index is 6.08. The number of imidazole rings is 1. The van der Waals surface area contributed by atoms with Crippen LogP contribution in [0.15, 0.2) is 0 Å². The Bertz CT molecular complexity index is 386. The third-order valence-corrected chi connectivity index (χ3v) is 3.94. The van der Waals surface area contributed by atoms with E-state index in [0.29, 0.717) is 17.7 Å². The summed E-state index contributed by atoms with van der Waals surface area (Å²) in [5, 5.41) is 0. The Labute approximate surface area is 96.0 Å². The van der Waals surface area contributed by atoms with Gasteiger partial charge in [0, 0.05) is 11.8 Å². The highest BCUT2D eigenvalue weighted by molar-refractivity contribution is 5.42. The lowest BCUT2D eigenvalue weighted by molar-refractivity contribution is 0.438. The molecule has 1 aromatic heterocycles. The molecule has 0 atom stereocenters. The summed E-state index contributed by atoms with van der Waals surface area (Å²) in [5.74, 6) is 8.82. The first-order valence-corrected chi connectivity index (χ1v) is 6.40. The fraction of sp³-hybridized carbons (Fsp3) is 0.750. The molecule has 4 N–H and O–H groups in total. The van der Waals surface area contributed by atoms with Crippen LogP contribution in [0.25, 0.3) is 0 Å². The lowest BCUT2D eigenvalue weighted by Gasteiger charge is -2.20. The van der Waals surface area contributed by atoms with E-state index in [0.717, 1.165) is 11.5 Å². The van der Waals surface area contributed by atoms with Gasteiger partial charge in [0.15, 0.2) is 0 Å². The fourth-order valence-electron chi connectivity index (χ4n) is 2.79. The summed E-state index contributed by atoms with van der Waals surface area (Å²) >= 11 is 0. The second-order valence-corrected chi connectivity index (χ2v) is 5.22. The molecule has 0 saturated heterocycles. The van der Waals surface area contributed by atoms with Crippen LogP contribution in [-0.4, -0.2) is 9.66 Å². The van der Waals surface area contributed by atoms with E-state index in [1.807, 2.05) is 0 Å². The minimum Gasteiger partial charge on any atom is -0.382 e. The molecule has 2 aliphatic carbocycles. The largest absolute Gasteiger partial charge is 0.382 e. The van der Waals surface area contributed by atoms with Gasteiger partial charge in [-0.3, -0.25) is 0 Å². The summed E-state index contributed by atoms with van der Waals surface area (Å²) in [6.07, 6.45) is 8.86. The summed E-state index contributed by atoms with van der Waals surface area (Å²) in [7, 11) is 0. The Hall–Kier alpha value is -1.19. The van der Waals surface area contributed by atoms with Gasteiger partial charge in [-0.1, -0.05) is 19.3 Å². The van der Waals surface area contributed by atoms with Gasteiger partial charge in [0.1, 0.15) is 11.6 Å². The van der Waals surface area contributed by atoms with E-state index in [-0.39, 0.29) is 0 Å². The van der Waals surface area contributed by atoms with Crippen molar-refractivity contribution < 1.29 is 0 Å². The second kappa shape index (κ2) is 3.68. The van der Waals surface area contributed by atoms with Crippen molar-refractivity contribution >= 4 is 5.82 Å². The van der Waals surface area contributed by atoms with Crippen LogP contribution in [-0.2, 0) is 0 Å². The average molecular weight is 220 g/mol. The van der Waals surface area contributed by atoms with Gasteiger partial charge in [-0.15, -0.1) is 0 Å². The minimum atomic E-state index is 0.552. The standard InChI is InChI=1S/C12H20N4/c13-11-10(8-4-2-1-3-5-8)15-12(16(11)14)9-6-7-9/h8-9H,1-7,13-14H2. The molecule has 0 radical (unpaired) electrons. The first-order valence-electron chi connectivity index (χ1n) is 6.40. The lowest BCUT2D eigenvalue weighted by atomic mass is 9.87. The number of anilines is 1. The molecule has 1 aromatic rings. The Morgan fingerprint density at radius 2 is 1.69 bits per heavy atom. The summed E-state index contributed by atoms with van der Waals surface area (Å²) in [5.41, 5.74) is 7.15. The van der Waals surface area contributed by atoms with Crippen molar-refractivity contribution in [3.05, 3.63) is 11.5 Å². The average Bonchev–Trinajstić information content (AvgIpc) is 3.10. The van der Waals surface area contributed by atoms with Crippen LogP contribution in [0.3, 0.4) is 0 Å². The van der Waals surface area contributed by atoms with Crippen molar-refractivity contribution in [2.24, 2.45) is 0 Å². The minimum absolute atomic E-state index is 0.552. The van der Waals surface area contributed by atoms with Crippen molar-refractivity contribution in [2.45, 2.75) is 56.8 Å². The van der Waals surface area contributed by atoms with Crippen LogP contribution in [0.4, 0.5) is 5.82 Å². The SMILES string of the molecule is Nc1c(C2CCCCC2)nc(C2CC2)n1N. The monoisotopic (exact) mass is 220 g/mol. The van der Waals surface area contributed by atoms with Crippen molar-refractivity contribution in [3.63, 3.8) is 0 Å². The van der Waals surface area contributed by atoms with Crippen molar-refractivity contribution in [1.29, 1.82) is 0 Å². The van der Waals surface area contributed by atoms with Gasteiger partial charge in [-0.25, -0.2) is 9.66 Å². The number of rotatable bonds is 2. The van der Waals surface area contributed by atoms with Crippen molar-refractivity contribution in [2.75, 3.05) is 11.6 Å². The van der Waals surface area contributed by atoms with Crippen LogP contribution in [0.1, 0.15) is 68.3 Å². The van der Waals surface area contributed by atoms with Gasteiger partial charge < -0.3 is 11.6 Å². The van der Waals surface area contributed by atoms with Crippen LogP contribution < -0.4 is 11.6 Å². The smallest absolute Gasteiger partial charge is 0.146 e. The van der Waals surface area contributed by atoms with E-state index in [9.17, 15) is 0 Å². The zero-order chi connectivity index (χ0) is 11.1. The maximum Gasteiger partial charge on any atom is 0.146 e. The molecular weight excluding hydrogens is 200 g/mol. The molecule has 0 amide bonds. The molecule has 0 bridgehead atoms. The third-order valence-electron chi connectivity index (χ3n) is 3.94. The van der Waals surface area contributed by atoms with Crippen molar-refractivity contribution in [1.82, 2.24) is 9.66 Å². The topological polar surface area (TPSA) is 69.9 Å². The highest BCUT2D eigenvalue weighted by Gasteiger charge is 2.32. The molecule has 16 heavy (non-hydrogen) atoms. The first-order chi connectivity index (χ1) is 7.77. The van der Waals surface area contributed by atoms with Crippen molar-refractivity contribution in [3.8, 4) is 0 Å². The van der Waals surface area contributed by atoms with Gasteiger partial charge >= 0.3 is 0 Å². The van der Waals surface area contributed by atoms with E-state index < -0.39 is 0 Å². The molecule has 4 nitrogen and oxygen atoms in total. The number of aromatic nitrogens is 2. The van der Waals surface area contributed by atoms with Gasteiger partial charge in [0.25, 0.3) is 0 Å². The summed E-state index contributed by atoms with van der Waals surface area (Å²) in [6.45, 7) is 0. The summed E-state index contributed by atoms with van der Waals surface area (Å²) < 4.78 is 1.63. The van der Waals surface area contributed by atoms with Gasteiger partial charge in [-0.05, 0) is 25.7 Å². The van der Waals surface area contributed by atoms with Gasteiger partial charge in [0.05, 0.1) is 5.69 Å². The first kappa shape index (κ1) is 10.00. The number of nitrogens with two attached hydrogens (primary N) is 2. The molecule has 0 aromatic carbocycles. The fourth-order valence-corrected chi connectivity index (χ4v) is 2.79. The number of nitrogen functional groups attached to an aromatic ring is 2. The maximum atomic E-state index is 6.08. The quantitative estimate of drug-likeness (QED) is 0.750. The zero-order valence-corrected chi connectivity index (χ0v) is 9.65. The predicted octanol–water partition coefficient (Wildman–Crippen LogP) is 2.10.